The SMILES string of the molecule is O=C(C=Cc1cccc(C=CC(=O)N2CCN(c3cccc(Cl)c3)CC2)n1)NO. The minimum absolute atomic E-state index is 0.0712. The van der Waals surface area contributed by atoms with Gasteiger partial charge in [0, 0.05) is 49.0 Å². The predicted molar refractivity (Wildman–Crippen MR) is 112 cm³/mol. The van der Waals surface area contributed by atoms with E-state index in [-0.39, 0.29) is 5.91 Å². The molecule has 1 saturated heterocycles. The number of halogens is 1. The smallest absolute Gasteiger partial charge is 0.267 e. The number of anilines is 1. The average molecular weight is 413 g/mol. The van der Waals surface area contributed by atoms with Crippen molar-refractivity contribution in [1.29, 1.82) is 0 Å². The third-order valence-corrected chi connectivity index (χ3v) is 4.70. The molecule has 0 radical (unpaired) electrons. The predicted octanol–water partition coefficient (Wildman–Crippen LogP) is 2.62. The number of aromatic nitrogens is 1. The molecule has 0 aliphatic carbocycles. The van der Waals surface area contributed by atoms with Gasteiger partial charge < -0.3 is 9.80 Å². The van der Waals surface area contributed by atoms with E-state index in [1.807, 2.05) is 24.3 Å². The lowest BCUT2D eigenvalue weighted by molar-refractivity contribution is -0.126. The highest BCUT2D eigenvalue weighted by Gasteiger charge is 2.19. The van der Waals surface area contributed by atoms with Crippen LogP contribution >= 0.6 is 11.6 Å². The minimum atomic E-state index is -0.639. The number of hydrogen-bond acceptors (Lipinski definition) is 5. The summed E-state index contributed by atoms with van der Waals surface area (Å²) in [7, 11) is 0. The maximum atomic E-state index is 12.5. The summed E-state index contributed by atoms with van der Waals surface area (Å²) < 4.78 is 0. The van der Waals surface area contributed by atoms with Gasteiger partial charge in [-0.2, -0.15) is 0 Å². The van der Waals surface area contributed by atoms with Crippen molar-refractivity contribution < 1.29 is 14.8 Å². The van der Waals surface area contributed by atoms with Crippen LogP contribution in [0.2, 0.25) is 5.02 Å². The van der Waals surface area contributed by atoms with Crippen LogP contribution in [0.4, 0.5) is 5.69 Å². The number of carbonyl (C=O) groups is 2. The number of pyridine rings is 1. The van der Waals surface area contributed by atoms with E-state index in [0.29, 0.717) is 29.5 Å². The van der Waals surface area contributed by atoms with Gasteiger partial charge in [-0.25, -0.2) is 10.5 Å². The zero-order valence-electron chi connectivity index (χ0n) is 15.7. The Bertz CT molecular complexity index is 937. The highest BCUT2D eigenvalue weighted by molar-refractivity contribution is 6.30. The Morgan fingerprint density at radius 2 is 1.66 bits per heavy atom. The van der Waals surface area contributed by atoms with Crippen LogP contribution in [-0.4, -0.2) is 53.1 Å². The van der Waals surface area contributed by atoms with E-state index in [0.717, 1.165) is 18.8 Å². The van der Waals surface area contributed by atoms with Gasteiger partial charge in [0.15, 0.2) is 0 Å². The van der Waals surface area contributed by atoms with Crippen molar-refractivity contribution in [1.82, 2.24) is 15.4 Å². The summed E-state index contributed by atoms with van der Waals surface area (Å²) in [6.07, 6.45) is 5.79. The first-order valence-corrected chi connectivity index (χ1v) is 9.49. The topological polar surface area (TPSA) is 85.8 Å². The molecule has 2 amide bonds. The summed E-state index contributed by atoms with van der Waals surface area (Å²) in [4.78, 5) is 31.9. The fourth-order valence-corrected chi connectivity index (χ4v) is 3.16. The lowest BCUT2D eigenvalue weighted by Crippen LogP contribution is -2.48. The van der Waals surface area contributed by atoms with Gasteiger partial charge in [0.25, 0.3) is 5.91 Å². The molecule has 2 aromatic rings. The Labute approximate surface area is 173 Å². The molecule has 150 valence electrons. The molecule has 0 bridgehead atoms. The van der Waals surface area contributed by atoms with Gasteiger partial charge in [0.2, 0.25) is 5.91 Å². The quantitative estimate of drug-likeness (QED) is 0.448. The van der Waals surface area contributed by atoms with E-state index in [2.05, 4.69) is 9.88 Å². The van der Waals surface area contributed by atoms with E-state index in [1.165, 1.54) is 23.7 Å². The number of carbonyl (C=O) groups excluding carboxylic acids is 2. The van der Waals surface area contributed by atoms with Crippen molar-refractivity contribution in [2.24, 2.45) is 0 Å². The highest BCUT2D eigenvalue weighted by atomic mass is 35.5. The van der Waals surface area contributed by atoms with Crippen LogP contribution < -0.4 is 10.4 Å². The van der Waals surface area contributed by atoms with Gasteiger partial charge in [-0.15, -0.1) is 0 Å². The maximum Gasteiger partial charge on any atom is 0.267 e. The van der Waals surface area contributed by atoms with Gasteiger partial charge in [-0.3, -0.25) is 14.8 Å². The number of hydroxylamine groups is 1. The van der Waals surface area contributed by atoms with Crippen molar-refractivity contribution >= 4 is 41.3 Å². The molecule has 3 rings (SSSR count). The Kier molecular flexibility index (Phi) is 6.99. The highest BCUT2D eigenvalue weighted by Crippen LogP contribution is 2.20. The molecule has 1 aliphatic rings. The second-order valence-electron chi connectivity index (χ2n) is 6.42. The number of benzene rings is 1. The summed E-state index contributed by atoms with van der Waals surface area (Å²) in [5.74, 6) is -0.710. The molecule has 1 aromatic heterocycles. The molecule has 0 unspecified atom stereocenters. The number of nitrogens with zero attached hydrogens (tertiary/aromatic N) is 3. The van der Waals surface area contributed by atoms with Gasteiger partial charge in [0.1, 0.15) is 0 Å². The van der Waals surface area contributed by atoms with Crippen LogP contribution in [0, 0.1) is 0 Å². The standard InChI is InChI=1S/C21H21ClN4O3/c22-16-3-1-6-19(15-16)25-11-13-26(14-12-25)21(28)10-8-18-5-2-4-17(23-18)7-9-20(27)24-29/h1-10,15,29H,11-14H2,(H,24,27). The molecule has 2 N–H and O–H groups in total. The van der Waals surface area contributed by atoms with Gasteiger partial charge in [-0.05, 0) is 42.5 Å². The van der Waals surface area contributed by atoms with E-state index < -0.39 is 5.91 Å². The fraction of sp³-hybridized carbons (Fsp3) is 0.190. The van der Waals surface area contributed by atoms with Crippen molar-refractivity contribution in [2.45, 2.75) is 0 Å². The van der Waals surface area contributed by atoms with E-state index >= 15 is 0 Å². The maximum absolute atomic E-state index is 12.5. The molecular formula is C21H21ClN4O3. The molecule has 29 heavy (non-hydrogen) atoms. The lowest BCUT2D eigenvalue weighted by atomic mass is 10.2. The molecule has 1 fully saturated rings. The van der Waals surface area contributed by atoms with Crippen molar-refractivity contribution in [3.05, 3.63) is 71.0 Å². The number of piperazine rings is 1. The Balaban J connectivity index is 1.56. The summed E-state index contributed by atoms with van der Waals surface area (Å²) >= 11 is 6.06. The molecule has 7 nitrogen and oxygen atoms in total. The van der Waals surface area contributed by atoms with Crippen molar-refractivity contribution in [2.75, 3.05) is 31.1 Å². The third kappa shape index (κ3) is 5.91. The molecular weight excluding hydrogens is 392 g/mol. The minimum Gasteiger partial charge on any atom is -0.368 e. The van der Waals surface area contributed by atoms with Crippen LogP contribution in [0.15, 0.2) is 54.6 Å². The number of rotatable bonds is 5. The number of hydrogen-bond donors (Lipinski definition) is 2. The third-order valence-electron chi connectivity index (χ3n) is 4.47. The molecule has 0 saturated carbocycles. The van der Waals surface area contributed by atoms with E-state index in [1.54, 1.807) is 29.2 Å². The van der Waals surface area contributed by atoms with Crippen molar-refractivity contribution in [3.63, 3.8) is 0 Å². The fourth-order valence-electron chi connectivity index (χ4n) is 2.97. The first-order chi connectivity index (χ1) is 14.0. The zero-order valence-corrected chi connectivity index (χ0v) is 16.4. The Hall–Kier alpha value is -3.16. The van der Waals surface area contributed by atoms with Crippen LogP contribution in [0.5, 0.6) is 0 Å². The lowest BCUT2D eigenvalue weighted by Gasteiger charge is -2.35. The van der Waals surface area contributed by atoms with E-state index in [9.17, 15) is 9.59 Å². The Morgan fingerprint density at radius 1 is 1.00 bits per heavy atom. The molecule has 0 spiro atoms. The molecule has 1 aromatic carbocycles. The molecule has 2 heterocycles. The molecule has 0 atom stereocenters. The summed E-state index contributed by atoms with van der Waals surface area (Å²) in [5, 5.41) is 9.20. The second kappa shape index (κ2) is 9.86. The Morgan fingerprint density at radius 3 is 2.31 bits per heavy atom. The van der Waals surface area contributed by atoms with Gasteiger partial charge >= 0.3 is 0 Å². The average Bonchev–Trinajstić information content (AvgIpc) is 2.76. The number of amides is 2. The molecule has 1 aliphatic heterocycles. The normalized spacial score (nSPS) is 14.6. The van der Waals surface area contributed by atoms with Gasteiger partial charge in [0.05, 0.1) is 11.4 Å². The van der Waals surface area contributed by atoms with Crippen LogP contribution in [-0.2, 0) is 9.59 Å². The van der Waals surface area contributed by atoms with Gasteiger partial charge in [-0.1, -0.05) is 23.7 Å². The monoisotopic (exact) mass is 412 g/mol. The van der Waals surface area contributed by atoms with Crippen LogP contribution in [0.25, 0.3) is 12.2 Å². The largest absolute Gasteiger partial charge is 0.368 e. The zero-order chi connectivity index (χ0) is 20.6. The van der Waals surface area contributed by atoms with Crippen LogP contribution in [0.1, 0.15) is 11.4 Å². The first-order valence-electron chi connectivity index (χ1n) is 9.12. The first kappa shape index (κ1) is 20.6. The summed E-state index contributed by atoms with van der Waals surface area (Å²) in [6.45, 7) is 2.74. The molecule has 8 heteroatoms. The summed E-state index contributed by atoms with van der Waals surface area (Å²) in [6, 6.07) is 13.0. The second-order valence-corrected chi connectivity index (χ2v) is 6.86. The van der Waals surface area contributed by atoms with Crippen molar-refractivity contribution in [3.8, 4) is 0 Å². The number of nitrogens with one attached hydrogen (secondary N) is 1. The van der Waals surface area contributed by atoms with E-state index in [4.69, 9.17) is 16.8 Å². The van der Waals surface area contributed by atoms with Crippen LogP contribution in [0.3, 0.4) is 0 Å². The summed E-state index contributed by atoms with van der Waals surface area (Å²) in [5.41, 5.74) is 3.71.